The number of benzene rings is 3. The smallest absolute Gasteiger partial charge is 0.331 e. The van der Waals surface area contributed by atoms with Gasteiger partial charge in [-0.05, 0) is 30.7 Å². The summed E-state index contributed by atoms with van der Waals surface area (Å²) in [6.45, 7) is 3.91. The van der Waals surface area contributed by atoms with Crippen LogP contribution in [0.15, 0.2) is 82.4 Å². The molecule has 1 saturated heterocycles. The van der Waals surface area contributed by atoms with Crippen LogP contribution in [-0.4, -0.2) is 45.3 Å². The maximum absolute atomic E-state index is 14.6. The number of hydrogen-bond acceptors (Lipinski definition) is 6. The zero-order valence-corrected chi connectivity index (χ0v) is 22.8. The molecule has 41 heavy (non-hydrogen) atoms. The SMILES string of the molecule is Cc1c(N2CCN(Cc3ccccc3O)CC2)c(=O)n(CC(N)c2ccccc2)c(=O)n1Cc1c(F)cccc1F. The van der Waals surface area contributed by atoms with Gasteiger partial charge in [-0.15, -0.1) is 0 Å². The van der Waals surface area contributed by atoms with Gasteiger partial charge in [-0.2, -0.15) is 0 Å². The van der Waals surface area contributed by atoms with E-state index in [0.29, 0.717) is 44.1 Å². The van der Waals surface area contributed by atoms with Gasteiger partial charge >= 0.3 is 5.69 Å². The average molecular weight is 562 g/mol. The molecule has 0 amide bonds. The van der Waals surface area contributed by atoms with E-state index in [1.807, 2.05) is 47.4 Å². The summed E-state index contributed by atoms with van der Waals surface area (Å²) in [6.07, 6.45) is 0. The van der Waals surface area contributed by atoms with Crippen molar-refractivity contribution in [2.45, 2.75) is 32.6 Å². The van der Waals surface area contributed by atoms with Gasteiger partial charge in [0.05, 0.1) is 13.1 Å². The lowest BCUT2D eigenvalue weighted by Crippen LogP contribution is -2.51. The largest absolute Gasteiger partial charge is 0.508 e. The van der Waals surface area contributed by atoms with Gasteiger partial charge in [0.15, 0.2) is 0 Å². The summed E-state index contributed by atoms with van der Waals surface area (Å²) in [5.41, 5.74) is 7.21. The van der Waals surface area contributed by atoms with E-state index in [-0.39, 0.29) is 24.4 Å². The molecule has 1 atom stereocenters. The highest BCUT2D eigenvalue weighted by molar-refractivity contribution is 5.50. The van der Waals surface area contributed by atoms with Gasteiger partial charge in [-0.3, -0.25) is 18.8 Å². The average Bonchev–Trinajstić information content (AvgIpc) is 2.97. The van der Waals surface area contributed by atoms with E-state index < -0.39 is 28.9 Å². The molecule has 2 heterocycles. The molecule has 0 aliphatic carbocycles. The summed E-state index contributed by atoms with van der Waals surface area (Å²) < 4.78 is 31.6. The Kier molecular flexibility index (Phi) is 8.32. The maximum atomic E-state index is 14.6. The second kappa shape index (κ2) is 12.1. The molecule has 3 N–H and O–H groups in total. The molecule has 0 bridgehead atoms. The van der Waals surface area contributed by atoms with Crippen LogP contribution in [-0.2, 0) is 19.6 Å². The highest BCUT2D eigenvalue weighted by Crippen LogP contribution is 2.22. The second-order valence-corrected chi connectivity index (χ2v) is 10.3. The normalized spacial score (nSPS) is 14.8. The number of anilines is 1. The number of phenols is 1. The van der Waals surface area contributed by atoms with Crippen molar-refractivity contribution >= 4 is 5.69 Å². The number of phenolic OH excluding ortho intramolecular Hbond substituents is 1. The monoisotopic (exact) mass is 561 g/mol. The Bertz CT molecular complexity index is 1630. The van der Waals surface area contributed by atoms with Crippen LogP contribution in [0.3, 0.4) is 0 Å². The number of aromatic nitrogens is 2. The lowest BCUT2D eigenvalue weighted by molar-refractivity contribution is 0.246. The van der Waals surface area contributed by atoms with Crippen molar-refractivity contribution in [1.29, 1.82) is 0 Å². The Hall–Kier alpha value is -4.28. The van der Waals surface area contributed by atoms with Crippen molar-refractivity contribution in [3.8, 4) is 5.75 Å². The molecular weight excluding hydrogens is 528 g/mol. The van der Waals surface area contributed by atoms with Crippen LogP contribution in [0.4, 0.5) is 14.5 Å². The molecular formula is C31H33F2N5O3. The number of halogens is 2. The van der Waals surface area contributed by atoms with E-state index >= 15 is 0 Å². The third-order valence-corrected chi connectivity index (χ3v) is 7.72. The number of nitrogens with two attached hydrogens (primary N) is 1. The first-order valence-corrected chi connectivity index (χ1v) is 13.6. The molecule has 1 aliphatic rings. The molecule has 1 fully saturated rings. The predicted octanol–water partition coefficient (Wildman–Crippen LogP) is 3.37. The lowest BCUT2D eigenvalue weighted by atomic mass is 10.1. The van der Waals surface area contributed by atoms with Crippen molar-refractivity contribution in [2.24, 2.45) is 5.73 Å². The van der Waals surface area contributed by atoms with Crippen molar-refractivity contribution in [1.82, 2.24) is 14.0 Å². The van der Waals surface area contributed by atoms with Crippen LogP contribution in [0.2, 0.25) is 0 Å². The first kappa shape index (κ1) is 28.3. The van der Waals surface area contributed by atoms with Crippen molar-refractivity contribution in [3.63, 3.8) is 0 Å². The van der Waals surface area contributed by atoms with E-state index in [2.05, 4.69) is 4.90 Å². The van der Waals surface area contributed by atoms with E-state index in [4.69, 9.17) is 5.73 Å². The summed E-state index contributed by atoms with van der Waals surface area (Å²) in [5, 5.41) is 10.2. The van der Waals surface area contributed by atoms with Crippen LogP contribution in [0.25, 0.3) is 0 Å². The number of aromatic hydroxyl groups is 1. The van der Waals surface area contributed by atoms with Crippen LogP contribution in [0, 0.1) is 18.6 Å². The van der Waals surface area contributed by atoms with Crippen molar-refractivity contribution < 1.29 is 13.9 Å². The molecule has 3 aromatic carbocycles. The summed E-state index contributed by atoms with van der Waals surface area (Å²) in [4.78, 5) is 31.7. The fraction of sp³-hybridized carbons (Fsp3) is 0.290. The van der Waals surface area contributed by atoms with Gasteiger partial charge in [0, 0.05) is 55.6 Å². The number of hydrogen-bond donors (Lipinski definition) is 2. The molecule has 1 unspecified atom stereocenters. The Morgan fingerprint density at radius 2 is 1.46 bits per heavy atom. The quantitative estimate of drug-likeness (QED) is 0.343. The van der Waals surface area contributed by atoms with Crippen molar-refractivity contribution in [2.75, 3.05) is 31.1 Å². The first-order chi connectivity index (χ1) is 19.7. The molecule has 1 aliphatic heterocycles. The lowest BCUT2D eigenvalue weighted by Gasteiger charge is -2.37. The zero-order valence-electron chi connectivity index (χ0n) is 22.8. The highest BCUT2D eigenvalue weighted by atomic mass is 19.1. The Morgan fingerprint density at radius 1 is 0.829 bits per heavy atom. The van der Waals surface area contributed by atoms with Gasteiger partial charge in [0.25, 0.3) is 5.56 Å². The molecule has 5 rings (SSSR count). The molecule has 214 valence electrons. The predicted molar refractivity (Wildman–Crippen MR) is 154 cm³/mol. The molecule has 0 spiro atoms. The Morgan fingerprint density at radius 3 is 2.12 bits per heavy atom. The van der Waals surface area contributed by atoms with E-state index in [1.165, 1.54) is 10.6 Å². The molecule has 10 heteroatoms. The fourth-order valence-electron chi connectivity index (χ4n) is 5.36. The number of nitrogens with zero attached hydrogens (tertiary/aromatic N) is 4. The first-order valence-electron chi connectivity index (χ1n) is 13.6. The number of rotatable bonds is 8. The van der Waals surface area contributed by atoms with Crippen LogP contribution in [0.1, 0.15) is 28.4 Å². The van der Waals surface area contributed by atoms with E-state index in [9.17, 15) is 23.5 Å². The standard InChI is InChI=1S/C31H33F2N5O3/c1-21-29(36-16-14-35(15-17-36)18-23-10-5-6-13-28(23)39)30(40)38(20-27(34)22-8-3-2-4-9-22)31(41)37(21)19-24-25(32)11-7-12-26(24)33/h2-13,27,39H,14-20,34H2,1H3. The third-order valence-electron chi connectivity index (χ3n) is 7.72. The van der Waals surface area contributed by atoms with E-state index in [1.54, 1.807) is 19.1 Å². The van der Waals surface area contributed by atoms with Crippen molar-refractivity contribution in [3.05, 3.63) is 128 Å². The summed E-state index contributed by atoms with van der Waals surface area (Å²) in [7, 11) is 0. The minimum absolute atomic E-state index is 0.0953. The minimum atomic E-state index is -0.769. The molecule has 8 nitrogen and oxygen atoms in total. The molecule has 0 radical (unpaired) electrons. The second-order valence-electron chi connectivity index (χ2n) is 10.3. The number of piperazine rings is 1. The maximum Gasteiger partial charge on any atom is 0.331 e. The zero-order chi connectivity index (χ0) is 29.1. The Labute approximate surface area is 236 Å². The summed E-state index contributed by atoms with van der Waals surface area (Å²) in [6, 6.07) is 19.2. The molecule has 0 saturated carbocycles. The van der Waals surface area contributed by atoms with Gasteiger partial charge < -0.3 is 15.7 Å². The topological polar surface area (TPSA) is 96.7 Å². The van der Waals surface area contributed by atoms with Gasteiger partial charge in [0.2, 0.25) is 0 Å². The van der Waals surface area contributed by atoms with E-state index in [0.717, 1.165) is 27.8 Å². The third kappa shape index (κ3) is 5.94. The van der Waals surface area contributed by atoms with Gasteiger partial charge in [0.1, 0.15) is 23.1 Å². The van der Waals surface area contributed by atoms with Gasteiger partial charge in [-0.1, -0.05) is 54.6 Å². The van der Waals surface area contributed by atoms with Crippen LogP contribution < -0.4 is 21.9 Å². The highest BCUT2D eigenvalue weighted by Gasteiger charge is 2.27. The Balaban J connectivity index is 1.50. The van der Waals surface area contributed by atoms with Crippen LogP contribution in [0.5, 0.6) is 5.75 Å². The number of para-hydroxylation sites is 1. The van der Waals surface area contributed by atoms with Crippen LogP contribution >= 0.6 is 0 Å². The van der Waals surface area contributed by atoms with Gasteiger partial charge in [-0.25, -0.2) is 13.6 Å². The molecule has 1 aromatic heterocycles. The summed E-state index contributed by atoms with van der Waals surface area (Å²) >= 11 is 0. The minimum Gasteiger partial charge on any atom is -0.508 e. The fourth-order valence-corrected chi connectivity index (χ4v) is 5.36. The molecule has 4 aromatic rings. The summed E-state index contributed by atoms with van der Waals surface area (Å²) in [5.74, 6) is -1.31.